The molecule has 0 N–H and O–H groups in total. The maximum absolute atomic E-state index is 14.2. The summed E-state index contributed by atoms with van der Waals surface area (Å²) in [4.78, 5) is 14.8. The van der Waals surface area contributed by atoms with Crippen LogP contribution in [0.25, 0.3) is 0 Å². The molecule has 116 valence electrons. The van der Waals surface area contributed by atoms with E-state index in [0.29, 0.717) is 12.8 Å². The van der Waals surface area contributed by atoms with Crippen molar-refractivity contribution < 1.29 is 13.6 Å². The number of Topliss-reactive ketones (excluding diaryl/α,β-unsaturated/α-hetero) is 1. The van der Waals surface area contributed by atoms with Crippen molar-refractivity contribution in [2.24, 2.45) is 0 Å². The number of hydrogen-bond acceptors (Lipinski definition) is 2. The number of likely N-dealkylation sites (N-methyl/N-ethyl adjacent to an activating group) is 1. The Morgan fingerprint density at radius 2 is 1.62 bits per heavy atom. The van der Waals surface area contributed by atoms with Crippen LogP contribution in [-0.2, 0) is 0 Å². The fraction of sp³-hybridized carbons (Fsp3) is 0.588. The van der Waals surface area contributed by atoms with Gasteiger partial charge in [-0.25, -0.2) is 8.78 Å². The standard InChI is InChI=1S/C17H23F2NO/c1-12-8-9-13(15(19)14(12)18)16(21)17(20(2)3)10-6-4-5-7-11-17/h8-9H,4-7,10-11H2,1-3H3. The molecule has 1 aromatic carbocycles. The van der Waals surface area contributed by atoms with Crippen molar-refractivity contribution in [1.82, 2.24) is 4.90 Å². The van der Waals surface area contributed by atoms with E-state index in [9.17, 15) is 13.6 Å². The molecule has 0 heterocycles. The molecular formula is C17H23F2NO. The summed E-state index contributed by atoms with van der Waals surface area (Å²) in [7, 11) is 3.71. The molecule has 1 saturated carbocycles. The Hall–Kier alpha value is -1.29. The lowest BCUT2D eigenvalue weighted by Gasteiger charge is -2.38. The summed E-state index contributed by atoms with van der Waals surface area (Å²) >= 11 is 0. The van der Waals surface area contributed by atoms with Gasteiger partial charge in [0.2, 0.25) is 0 Å². The van der Waals surface area contributed by atoms with Crippen LogP contribution >= 0.6 is 0 Å². The smallest absolute Gasteiger partial charge is 0.186 e. The van der Waals surface area contributed by atoms with E-state index in [4.69, 9.17) is 0 Å². The highest BCUT2D eigenvalue weighted by Crippen LogP contribution is 2.35. The van der Waals surface area contributed by atoms with E-state index < -0.39 is 17.2 Å². The minimum atomic E-state index is -1.01. The van der Waals surface area contributed by atoms with Crippen molar-refractivity contribution in [3.63, 3.8) is 0 Å². The largest absolute Gasteiger partial charge is 0.297 e. The number of nitrogens with zero attached hydrogens (tertiary/aromatic N) is 1. The van der Waals surface area contributed by atoms with E-state index in [0.717, 1.165) is 25.7 Å². The van der Waals surface area contributed by atoms with Crippen LogP contribution in [0.3, 0.4) is 0 Å². The second kappa shape index (κ2) is 6.22. The molecule has 0 amide bonds. The first-order valence-corrected chi connectivity index (χ1v) is 7.57. The Morgan fingerprint density at radius 3 is 2.14 bits per heavy atom. The number of rotatable bonds is 3. The van der Waals surface area contributed by atoms with Gasteiger partial charge in [0.25, 0.3) is 0 Å². The molecular weight excluding hydrogens is 272 g/mol. The molecule has 0 aliphatic heterocycles. The lowest BCUT2D eigenvalue weighted by atomic mass is 9.81. The first-order valence-electron chi connectivity index (χ1n) is 7.57. The van der Waals surface area contributed by atoms with Crippen LogP contribution in [0.5, 0.6) is 0 Å². The van der Waals surface area contributed by atoms with E-state index in [2.05, 4.69) is 0 Å². The van der Waals surface area contributed by atoms with E-state index in [-0.39, 0.29) is 16.9 Å². The van der Waals surface area contributed by atoms with Crippen molar-refractivity contribution >= 4 is 5.78 Å². The molecule has 1 aliphatic carbocycles. The third-order valence-corrected chi connectivity index (χ3v) is 4.73. The molecule has 2 nitrogen and oxygen atoms in total. The zero-order chi connectivity index (χ0) is 15.6. The van der Waals surface area contributed by atoms with Crippen molar-refractivity contribution in [3.8, 4) is 0 Å². The first kappa shape index (κ1) is 16.1. The van der Waals surface area contributed by atoms with Crippen molar-refractivity contribution in [3.05, 3.63) is 34.9 Å². The van der Waals surface area contributed by atoms with Crippen LogP contribution in [-0.4, -0.2) is 30.3 Å². The van der Waals surface area contributed by atoms with Crippen LogP contribution in [0.15, 0.2) is 12.1 Å². The van der Waals surface area contributed by atoms with Crippen molar-refractivity contribution in [2.45, 2.75) is 51.0 Å². The van der Waals surface area contributed by atoms with E-state index in [1.54, 1.807) is 0 Å². The predicted molar refractivity (Wildman–Crippen MR) is 79.5 cm³/mol. The zero-order valence-electron chi connectivity index (χ0n) is 13.0. The average molecular weight is 295 g/mol. The number of carbonyl (C=O) groups excluding carboxylic acids is 1. The lowest BCUT2D eigenvalue weighted by Crippen LogP contribution is -2.51. The minimum Gasteiger partial charge on any atom is -0.297 e. The van der Waals surface area contributed by atoms with Crippen LogP contribution in [0.2, 0.25) is 0 Å². The molecule has 1 aromatic rings. The van der Waals surface area contributed by atoms with Gasteiger partial charge in [0.15, 0.2) is 17.4 Å². The minimum absolute atomic E-state index is 0.117. The monoisotopic (exact) mass is 295 g/mol. The lowest BCUT2D eigenvalue weighted by molar-refractivity contribution is 0.0629. The molecule has 1 fully saturated rings. The Bertz CT molecular complexity index is 532. The maximum Gasteiger partial charge on any atom is 0.186 e. The van der Waals surface area contributed by atoms with Crippen LogP contribution in [0, 0.1) is 18.6 Å². The molecule has 0 saturated heterocycles. The summed E-state index contributed by atoms with van der Waals surface area (Å²) in [5.74, 6) is -2.21. The van der Waals surface area contributed by atoms with Gasteiger partial charge < -0.3 is 0 Å². The van der Waals surface area contributed by atoms with E-state index in [1.165, 1.54) is 19.1 Å². The number of hydrogen-bond donors (Lipinski definition) is 0. The van der Waals surface area contributed by atoms with E-state index in [1.807, 2.05) is 19.0 Å². The quantitative estimate of drug-likeness (QED) is 0.618. The Balaban J connectivity index is 2.46. The van der Waals surface area contributed by atoms with Gasteiger partial charge in [0.05, 0.1) is 11.1 Å². The number of carbonyl (C=O) groups is 1. The van der Waals surface area contributed by atoms with Crippen LogP contribution in [0.4, 0.5) is 8.78 Å². The number of ketones is 1. The Morgan fingerprint density at radius 1 is 1.05 bits per heavy atom. The fourth-order valence-corrected chi connectivity index (χ4v) is 3.26. The van der Waals surface area contributed by atoms with Crippen LogP contribution < -0.4 is 0 Å². The SMILES string of the molecule is Cc1ccc(C(=O)C2(N(C)C)CCCCCC2)c(F)c1F. The fourth-order valence-electron chi connectivity index (χ4n) is 3.26. The van der Waals surface area contributed by atoms with Crippen LogP contribution in [0.1, 0.15) is 54.4 Å². The topological polar surface area (TPSA) is 20.3 Å². The molecule has 0 radical (unpaired) electrons. The summed E-state index contributed by atoms with van der Waals surface area (Å²) in [5.41, 5.74) is -0.600. The second-order valence-electron chi connectivity index (χ2n) is 6.23. The number of aryl methyl sites for hydroxylation is 1. The van der Waals surface area contributed by atoms with E-state index >= 15 is 0 Å². The highest BCUT2D eigenvalue weighted by Gasteiger charge is 2.42. The zero-order valence-corrected chi connectivity index (χ0v) is 13.0. The normalized spacial score (nSPS) is 18.6. The van der Waals surface area contributed by atoms with Gasteiger partial charge in [0.1, 0.15) is 0 Å². The highest BCUT2D eigenvalue weighted by molar-refractivity contribution is 6.03. The number of benzene rings is 1. The third kappa shape index (κ3) is 2.86. The maximum atomic E-state index is 14.2. The molecule has 0 unspecified atom stereocenters. The summed E-state index contributed by atoms with van der Waals surface area (Å²) in [6.45, 7) is 1.50. The molecule has 0 bridgehead atoms. The van der Waals surface area contributed by atoms with Gasteiger partial charge in [-0.05, 0) is 45.5 Å². The first-order chi connectivity index (χ1) is 9.90. The number of halogens is 2. The third-order valence-electron chi connectivity index (χ3n) is 4.73. The van der Waals surface area contributed by atoms with Gasteiger partial charge in [-0.1, -0.05) is 31.7 Å². The molecule has 2 rings (SSSR count). The summed E-state index contributed by atoms with van der Waals surface area (Å²) < 4.78 is 28.0. The Kier molecular flexibility index (Phi) is 4.77. The highest BCUT2D eigenvalue weighted by atomic mass is 19.2. The molecule has 0 aromatic heterocycles. The van der Waals surface area contributed by atoms with Crippen molar-refractivity contribution in [1.29, 1.82) is 0 Å². The Labute approximate surface area is 125 Å². The predicted octanol–water partition coefficient (Wildman–Crippen LogP) is 4.11. The second-order valence-corrected chi connectivity index (χ2v) is 6.23. The summed E-state index contributed by atoms with van der Waals surface area (Å²) in [5, 5.41) is 0. The molecule has 0 spiro atoms. The van der Waals surface area contributed by atoms with Gasteiger partial charge in [-0.3, -0.25) is 9.69 Å². The molecule has 4 heteroatoms. The van der Waals surface area contributed by atoms with Gasteiger partial charge in [0, 0.05) is 0 Å². The molecule has 1 aliphatic rings. The molecule has 21 heavy (non-hydrogen) atoms. The van der Waals surface area contributed by atoms with Gasteiger partial charge in [-0.15, -0.1) is 0 Å². The average Bonchev–Trinajstić information content (AvgIpc) is 2.71. The summed E-state index contributed by atoms with van der Waals surface area (Å²) in [6.07, 6.45) is 5.47. The van der Waals surface area contributed by atoms with Gasteiger partial charge in [-0.2, -0.15) is 0 Å². The van der Waals surface area contributed by atoms with Crippen molar-refractivity contribution in [2.75, 3.05) is 14.1 Å². The van der Waals surface area contributed by atoms with Gasteiger partial charge >= 0.3 is 0 Å². The summed E-state index contributed by atoms with van der Waals surface area (Å²) in [6, 6.07) is 2.90. The molecule has 0 atom stereocenters.